The number of benzene rings is 2. The van der Waals surface area contributed by atoms with Gasteiger partial charge in [-0.15, -0.1) is 8.78 Å². The van der Waals surface area contributed by atoms with Crippen LogP contribution in [0.1, 0.15) is 11.1 Å². The molecule has 5 nitrogen and oxygen atoms in total. The first kappa shape index (κ1) is 19.5. The van der Waals surface area contributed by atoms with Crippen molar-refractivity contribution in [3.8, 4) is 5.75 Å². The van der Waals surface area contributed by atoms with Crippen molar-refractivity contribution in [1.82, 2.24) is 5.32 Å². The van der Waals surface area contributed by atoms with Gasteiger partial charge in [0.25, 0.3) is 0 Å². The highest BCUT2D eigenvalue weighted by Crippen LogP contribution is 2.46. The van der Waals surface area contributed by atoms with Gasteiger partial charge in [-0.05, 0) is 35.9 Å². The molecule has 1 aliphatic rings. The van der Waals surface area contributed by atoms with Crippen molar-refractivity contribution >= 4 is 34.9 Å². The van der Waals surface area contributed by atoms with Crippen molar-refractivity contribution in [1.29, 1.82) is 0 Å². The predicted molar refractivity (Wildman–Crippen MR) is 89.3 cm³/mol. The van der Waals surface area contributed by atoms with Gasteiger partial charge in [0.2, 0.25) is 0 Å². The first-order chi connectivity index (χ1) is 12.6. The number of hydrogen-bond donors (Lipinski definition) is 2. The van der Waals surface area contributed by atoms with Gasteiger partial charge in [-0.25, -0.2) is 9.53 Å². The van der Waals surface area contributed by atoms with Crippen LogP contribution in [0.2, 0.25) is 10.0 Å². The van der Waals surface area contributed by atoms with Gasteiger partial charge in [0.05, 0.1) is 15.6 Å². The summed E-state index contributed by atoms with van der Waals surface area (Å²) in [4.78, 5) is 11.9. The number of rotatable bonds is 3. The Hall–Kier alpha value is -2.23. The highest BCUT2D eigenvalue weighted by molar-refractivity contribution is 6.42. The minimum Gasteiger partial charge on any atom is -0.409 e. The van der Waals surface area contributed by atoms with E-state index in [9.17, 15) is 22.4 Å². The predicted octanol–water partition coefficient (Wildman–Crippen LogP) is 5.32. The van der Waals surface area contributed by atoms with Crippen LogP contribution < -0.4 is 15.4 Å². The van der Waals surface area contributed by atoms with E-state index >= 15 is 0 Å². The van der Waals surface area contributed by atoms with Gasteiger partial charge in [0.1, 0.15) is 5.75 Å². The minimum absolute atomic E-state index is 0.0718. The van der Waals surface area contributed by atoms with Crippen LogP contribution in [0.25, 0.3) is 0 Å². The summed E-state index contributed by atoms with van der Waals surface area (Å²) in [6.07, 6.45) is -8.74. The first-order valence-corrected chi connectivity index (χ1v) is 8.09. The largest absolute Gasteiger partial charge is 0.540 e. The zero-order chi connectivity index (χ0) is 19.8. The monoisotopic (exact) mass is 424 g/mol. The lowest BCUT2D eigenvalue weighted by molar-refractivity contribution is -0.461. The van der Waals surface area contributed by atoms with Crippen molar-refractivity contribution in [3.63, 3.8) is 0 Å². The molecule has 11 heteroatoms. The summed E-state index contributed by atoms with van der Waals surface area (Å²) < 4.78 is 60.8. The zero-order valence-corrected chi connectivity index (χ0v) is 14.7. The molecule has 0 unspecified atom stereocenters. The van der Waals surface area contributed by atoms with Crippen LogP contribution in [0.4, 0.5) is 28.0 Å². The van der Waals surface area contributed by atoms with E-state index in [1.54, 1.807) is 18.2 Å². The van der Waals surface area contributed by atoms with Gasteiger partial charge in [-0.3, -0.25) is 0 Å². The van der Waals surface area contributed by atoms with Gasteiger partial charge < -0.3 is 15.4 Å². The Morgan fingerprint density at radius 2 is 1.78 bits per heavy atom. The van der Waals surface area contributed by atoms with E-state index in [4.69, 9.17) is 23.2 Å². The van der Waals surface area contributed by atoms with E-state index in [1.165, 1.54) is 0 Å². The van der Waals surface area contributed by atoms with E-state index in [0.717, 1.165) is 18.2 Å². The third-order valence-electron chi connectivity index (χ3n) is 3.46. The normalized spacial score (nSPS) is 16.8. The Kier molecular flexibility index (Phi) is 5.11. The van der Waals surface area contributed by atoms with Gasteiger partial charge >= 0.3 is 18.4 Å². The van der Waals surface area contributed by atoms with Crippen molar-refractivity contribution in [2.45, 2.75) is 18.9 Å². The second kappa shape index (κ2) is 7.06. The maximum atomic E-state index is 13.7. The highest BCUT2D eigenvalue weighted by atomic mass is 35.5. The fourth-order valence-corrected chi connectivity index (χ4v) is 2.61. The maximum absolute atomic E-state index is 13.7. The van der Waals surface area contributed by atoms with Crippen LogP contribution >= 0.6 is 23.2 Å². The average molecular weight is 425 g/mol. The second-order valence-electron chi connectivity index (χ2n) is 5.45. The number of alkyl halides is 4. The molecule has 27 heavy (non-hydrogen) atoms. The Morgan fingerprint density at radius 1 is 1.04 bits per heavy atom. The Balaban J connectivity index is 1.67. The topological polar surface area (TPSA) is 59.6 Å². The van der Waals surface area contributed by atoms with Crippen molar-refractivity contribution in [2.75, 3.05) is 5.32 Å². The Labute approximate surface area is 160 Å². The number of urea groups is 1. The van der Waals surface area contributed by atoms with Crippen molar-refractivity contribution in [2.24, 2.45) is 0 Å². The molecule has 0 radical (unpaired) electrons. The summed E-state index contributed by atoms with van der Waals surface area (Å²) in [5, 5.41) is 5.46. The van der Waals surface area contributed by atoms with Crippen molar-refractivity contribution in [3.05, 3.63) is 57.6 Å². The molecule has 3 rings (SSSR count). The van der Waals surface area contributed by atoms with Gasteiger partial charge in [-0.2, -0.15) is 8.78 Å². The number of fused-ring (bicyclic) bond motifs is 1. The van der Waals surface area contributed by atoms with Gasteiger partial charge in [0, 0.05) is 12.2 Å². The molecule has 2 amide bonds. The van der Waals surface area contributed by atoms with Gasteiger partial charge in [-0.1, -0.05) is 29.3 Å². The number of amides is 2. The van der Waals surface area contributed by atoms with Crippen LogP contribution in [-0.2, 0) is 17.4 Å². The lowest BCUT2D eigenvalue weighted by Crippen LogP contribution is -2.41. The number of nitrogens with one attached hydrogen (secondary N) is 2. The molecule has 0 atom stereocenters. The fourth-order valence-electron chi connectivity index (χ4n) is 2.28. The molecule has 0 aliphatic carbocycles. The van der Waals surface area contributed by atoms with Gasteiger partial charge in [0.15, 0.2) is 0 Å². The summed E-state index contributed by atoms with van der Waals surface area (Å²) in [7, 11) is 0. The molecule has 2 aromatic rings. The molecule has 1 heterocycles. The smallest absolute Gasteiger partial charge is 0.409 e. The molecule has 0 spiro atoms. The third kappa shape index (κ3) is 4.55. The summed E-state index contributed by atoms with van der Waals surface area (Å²) in [5.74, 6) is -0.752. The summed E-state index contributed by atoms with van der Waals surface area (Å²) in [6, 6.07) is 6.83. The number of ether oxygens (including phenoxy) is 2. The van der Waals surface area contributed by atoms with Crippen LogP contribution in [0, 0.1) is 0 Å². The SMILES string of the molecule is O=C(NCc1ccc(Cl)c(Cl)c1)Nc1ccc2c(c1)C(F)(F)OC(F)(F)O2. The van der Waals surface area contributed by atoms with Crippen LogP contribution in [0.15, 0.2) is 36.4 Å². The second-order valence-corrected chi connectivity index (χ2v) is 6.27. The molecule has 144 valence electrons. The van der Waals surface area contributed by atoms with E-state index < -0.39 is 29.7 Å². The van der Waals surface area contributed by atoms with E-state index in [1.807, 2.05) is 0 Å². The third-order valence-corrected chi connectivity index (χ3v) is 4.20. The average Bonchev–Trinajstić information content (AvgIpc) is 2.55. The number of hydrogen-bond acceptors (Lipinski definition) is 3. The summed E-state index contributed by atoms with van der Waals surface area (Å²) >= 11 is 11.7. The number of carbonyl (C=O) groups is 1. The standard InChI is InChI=1S/C16H10Cl2F4N2O3/c17-11-3-1-8(5-12(11)18)7-23-14(25)24-9-2-4-13-10(6-9)15(19,20)27-16(21,22)26-13/h1-6H,7H2,(H2,23,24,25). The quantitative estimate of drug-likeness (QED) is 0.655. The molecule has 0 fully saturated rings. The maximum Gasteiger partial charge on any atom is 0.540 e. The lowest BCUT2D eigenvalue weighted by Gasteiger charge is -2.30. The van der Waals surface area contributed by atoms with E-state index in [2.05, 4.69) is 20.1 Å². The van der Waals surface area contributed by atoms with E-state index in [0.29, 0.717) is 15.6 Å². The fraction of sp³-hybridized carbons (Fsp3) is 0.188. The summed E-state index contributed by atoms with van der Waals surface area (Å²) in [5.41, 5.74) is -0.353. The number of anilines is 1. The molecule has 0 bridgehead atoms. The molecular weight excluding hydrogens is 415 g/mol. The summed E-state index contributed by atoms with van der Waals surface area (Å²) in [6.45, 7) is 0.0856. The lowest BCUT2D eigenvalue weighted by atomic mass is 10.1. The molecule has 1 aliphatic heterocycles. The molecular formula is C16H10Cl2F4N2O3. The van der Waals surface area contributed by atoms with E-state index in [-0.39, 0.29) is 12.2 Å². The number of carbonyl (C=O) groups excluding carboxylic acids is 1. The van der Waals surface area contributed by atoms with Crippen molar-refractivity contribution < 1.29 is 31.8 Å². The minimum atomic E-state index is -4.46. The molecule has 2 N–H and O–H groups in total. The van der Waals surface area contributed by atoms with Crippen LogP contribution in [-0.4, -0.2) is 12.3 Å². The first-order valence-electron chi connectivity index (χ1n) is 7.34. The zero-order valence-electron chi connectivity index (χ0n) is 13.2. The van der Waals surface area contributed by atoms with Crippen LogP contribution in [0.5, 0.6) is 5.75 Å². The molecule has 0 saturated carbocycles. The Bertz CT molecular complexity index is 896. The molecule has 0 aromatic heterocycles. The highest BCUT2D eigenvalue weighted by Gasteiger charge is 2.54. The molecule has 0 saturated heterocycles. The van der Waals surface area contributed by atoms with Crippen LogP contribution in [0.3, 0.4) is 0 Å². The number of halogens is 6. The molecule has 2 aromatic carbocycles. The Morgan fingerprint density at radius 3 is 2.48 bits per heavy atom.